The number of benzene rings is 1. The largest absolute Gasteiger partial charge is 0.363 e. The summed E-state index contributed by atoms with van der Waals surface area (Å²) in [5.74, 6) is 0.512. The monoisotopic (exact) mass is 344 g/mol. The number of anilines is 2. The zero-order valence-electron chi connectivity index (χ0n) is 15.3. The maximum Gasteiger partial charge on any atom is 0.319 e. The highest BCUT2D eigenvalue weighted by molar-refractivity contribution is 5.89. The molecule has 0 bridgehead atoms. The van der Waals surface area contributed by atoms with Gasteiger partial charge in [0, 0.05) is 14.1 Å². The normalized spacial score (nSPS) is 12.4. The fraction of sp³-hybridized carbons (Fsp3) is 0.368. The molecule has 1 unspecified atom stereocenters. The van der Waals surface area contributed by atoms with Gasteiger partial charge in [0.2, 0.25) is 0 Å². The molecule has 0 saturated carbocycles. The molecule has 2 N–H and O–H groups in total. The highest BCUT2D eigenvalue weighted by Crippen LogP contribution is 2.32. The molecule has 5 nitrogen and oxygen atoms in total. The van der Waals surface area contributed by atoms with Crippen molar-refractivity contribution in [3.63, 3.8) is 0 Å². The molecule has 134 valence electrons. The average molecular weight is 344 g/mol. The highest BCUT2D eigenvalue weighted by Gasteiger charge is 2.28. The van der Waals surface area contributed by atoms with E-state index in [2.05, 4.69) is 15.6 Å². The van der Waals surface area contributed by atoms with Gasteiger partial charge in [0.15, 0.2) is 0 Å². The van der Waals surface area contributed by atoms with Crippen molar-refractivity contribution in [1.29, 1.82) is 0 Å². The molecule has 2 aromatic rings. The number of amides is 2. The van der Waals surface area contributed by atoms with E-state index in [1.807, 2.05) is 45.8 Å². The molecular weight excluding hydrogens is 319 g/mol. The number of carbonyl (C=O) groups excluding carboxylic acids is 1. The fourth-order valence-electron chi connectivity index (χ4n) is 2.48. The lowest BCUT2D eigenvalue weighted by molar-refractivity contribution is 0.229. The lowest BCUT2D eigenvalue weighted by Crippen LogP contribution is -2.39. The SMILES string of the molecule is CN(C)c1ccc(NC(=O)NC(c2ccc(F)cc2)C(C)(C)C)cn1. The van der Waals surface area contributed by atoms with Crippen molar-refractivity contribution >= 4 is 17.5 Å². The summed E-state index contributed by atoms with van der Waals surface area (Å²) in [6.07, 6.45) is 1.61. The molecule has 0 saturated heterocycles. The molecule has 1 heterocycles. The number of urea groups is 1. The Balaban J connectivity index is 2.10. The topological polar surface area (TPSA) is 57.3 Å². The Bertz CT molecular complexity index is 706. The van der Waals surface area contributed by atoms with Crippen molar-refractivity contribution in [2.45, 2.75) is 26.8 Å². The summed E-state index contributed by atoms with van der Waals surface area (Å²) in [5, 5.41) is 5.75. The Morgan fingerprint density at radius 1 is 1.12 bits per heavy atom. The van der Waals surface area contributed by atoms with Crippen LogP contribution in [0.15, 0.2) is 42.6 Å². The Kier molecular flexibility index (Phi) is 5.62. The van der Waals surface area contributed by atoms with Gasteiger partial charge in [-0.3, -0.25) is 0 Å². The fourth-order valence-corrected chi connectivity index (χ4v) is 2.48. The van der Waals surface area contributed by atoms with Crippen LogP contribution in [0.3, 0.4) is 0 Å². The third-order valence-corrected chi connectivity index (χ3v) is 3.81. The third-order valence-electron chi connectivity index (χ3n) is 3.81. The molecule has 0 radical (unpaired) electrons. The number of nitrogens with one attached hydrogen (secondary N) is 2. The van der Waals surface area contributed by atoms with Crippen LogP contribution in [0.5, 0.6) is 0 Å². The molecule has 1 aromatic carbocycles. The number of halogens is 1. The summed E-state index contributed by atoms with van der Waals surface area (Å²) in [6.45, 7) is 6.07. The number of hydrogen-bond donors (Lipinski definition) is 2. The number of pyridine rings is 1. The maximum absolute atomic E-state index is 13.2. The molecule has 0 aliphatic rings. The van der Waals surface area contributed by atoms with E-state index in [0.29, 0.717) is 5.69 Å². The van der Waals surface area contributed by atoms with Gasteiger partial charge in [-0.2, -0.15) is 0 Å². The van der Waals surface area contributed by atoms with Crippen molar-refractivity contribution < 1.29 is 9.18 Å². The van der Waals surface area contributed by atoms with E-state index < -0.39 is 0 Å². The van der Waals surface area contributed by atoms with E-state index in [1.54, 1.807) is 24.4 Å². The van der Waals surface area contributed by atoms with Gasteiger partial charge in [0.25, 0.3) is 0 Å². The van der Waals surface area contributed by atoms with Gasteiger partial charge in [0.1, 0.15) is 11.6 Å². The standard InChI is InChI=1S/C19H25FN4O/c1-19(2,3)17(13-6-8-14(20)9-7-13)23-18(25)22-15-10-11-16(21-12-15)24(4)5/h6-12,17H,1-5H3,(H2,22,23,25). The van der Waals surface area contributed by atoms with Gasteiger partial charge in [0.05, 0.1) is 17.9 Å². The minimum atomic E-state index is -0.330. The summed E-state index contributed by atoms with van der Waals surface area (Å²) in [4.78, 5) is 18.5. The summed E-state index contributed by atoms with van der Waals surface area (Å²) >= 11 is 0. The second-order valence-electron chi connectivity index (χ2n) is 7.25. The maximum atomic E-state index is 13.2. The number of hydrogen-bond acceptors (Lipinski definition) is 3. The van der Waals surface area contributed by atoms with E-state index >= 15 is 0 Å². The van der Waals surface area contributed by atoms with Crippen molar-refractivity contribution in [3.05, 3.63) is 54.0 Å². The first-order valence-corrected chi connectivity index (χ1v) is 8.13. The first-order valence-electron chi connectivity index (χ1n) is 8.13. The van der Waals surface area contributed by atoms with E-state index in [1.165, 1.54) is 12.1 Å². The Morgan fingerprint density at radius 2 is 1.76 bits per heavy atom. The number of rotatable bonds is 4. The van der Waals surface area contributed by atoms with Crippen LogP contribution in [0.25, 0.3) is 0 Å². The van der Waals surface area contributed by atoms with Gasteiger partial charge < -0.3 is 15.5 Å². The van der Waals surface area contributed by atoms with Gasteiger partial charge >= 0.3 is 6.03 Å². The number of aromatic nitrogens is 1. The highest BCUT2D eigenvalue weighted by atomic mass is 19.1. The third kappa shape index (κ3) is 5.17. The summed E-state index contributed by atoms with van der Waals surface area (Å²) in [6, 6.07) is 9.22. The smallest absolute Gasteiger partial charge is 0.319 e. The molecule has 0 aliphatic heterocycles. The minimum absolute atomic E-state index is 0.234. The van der Waals surface area contributed by atoms with E-state index in [9.17, 15) is 9.18 Å². The predicted molar refractivity (Wildman–Crippen MR) is 99.3 cm³/mol. The van der Waals surface area contributed by atoms with Crippen molar-refractivity contribution in [2.75, 3.05) is 24.3 Å². The van der Waals surface area contributed by atoms with E-state index in [4.69, 9.17) is 0 Å². The van der Waals surface area contributed by atoms with Crippen LogP contribution in [0.2, 0.25) is 0 Å². The Labute approximate surface area is 148 Å². The molecule has 1 aromatic heterocycles. The molecule has 0 spiro atoms. The van der Waals surface area contributed by atoms with Crippen LogP contribution in [0, 0.1) is 11.2 Å². The van der Waals surface area contributed by atoms with Crippen LogP contribution in [-0.2, 0) is 0 Å². The van der Waals surface area contributed by atoms with Crippen LogP contribution >= 0.6 is 0 Å². The molecule has 0 aliphatic carbocycles. The first-order chi connectivity index (χ1) is 11.7. The molecule has 6 heteroatoms. The van der Waals surface area contributed by atoms with Crippen LogP contribution in [0.4, 0.5) is 20.7 Å². The van der Waals surface area contributed by atoms with E-state index in [-0.39, 0.29) is 23.3 Å². The number of carbonyl (C=O) groups is 1. The summed E-state index contributed by atoms with van der Waals surface area (Å²) in [5.41, 5.74) is 1.22. The first kappa shape index (κ1) is 18.7. The van der Waals surface area contributed by atoms with Crippen molar-refractivity contribution in [3.8, 4) is 0 Å². The molecule has 1 atom stereocenters. The predicted octanol–water partition coefficient (Wildman–Crippen LogP) is 4.20. The van der Waals surface area contributed by atoms with Crippen LogP contribution in [0.1, 0.15) is 32.4 Å². The van der Waals surface area contributed by atoms with Gasteiger partial charge in [-0.25, -0.2) is 14.2 Å². The van der Waals surface area contributed by atoms with Gasteiger partial charge in [-0.05, 0) is 35.2 Å². The number of nitrogens with zero attached hydrogens (tertiary/aromatic N) is 2. The van der Waals surface area contributed by atoms with Crippen LogP contribution < -0.4 is 15.5 Å². The molecular formula is C19H25FN4O. The van der Waals surface area contributed by atoms with Crippen molar-refractivity contribution in [1.82, 2.24) is 10.3 Å². The zero-order chi connectivity index (χ0) is 18.6. The second-order valence-corrected chi connectivity index (χ2v) is 7.25. The van der Waals surface area contributed by atoms with Gasteiger partial charge in [-0.15, -0.1) is 0 Å². The minimum Gasteiger partial charge on any atom is -0.363 e. The average Bonchev–Trinajstić information content (AvgIpc) is 2.53. The quantitative estimate of drug-likeness (QED) is 0.874. The summed E-state index contributed by atoms with van der Waals surface area (Å²) in [7, 11) is 3.80. The Morgan fingerprint density at radius 3 is 2.24 bits per heavy atom. The lowest BCUT2D eigenvalue weighted by Gasteiger charge is -2.32. The molecule has 2 rings (SSSR count). The molecule has 25 heavy (non-hydrogen) atoms. The Hall–Kier alpha value is -2.63. The summed E-state index contributed by atoms with van der Waals surface area (Å²) < 4.78 is 13.2. The van der Waals surface area contributed by atoms with E-state index in [0.717, 1.165) is 11.4 Å². The molecule has 2 amide bonds. The lowest BCUT2D eigenvalue weighted by atomic mass is 9.82. The molecule has 0 fully saturated rings. The zero-order valence-corrected chi connectivity index (χ0v) is 15.3. The van der Waals surface area contributed by atoms with Gasteiger partial charge in [-0.1, -0.05) is 32.9 Å². The van der Waals surface area contributed by atoms with Crippen molar-refractivity contribution in [2.24, 2.45) is 5.41 Å². The van der Waals surface area contributed by atoms with Crippen LogP contribution in [-0.4, -0.2) is 25.1 Å². The second kappa shape index (κ2) is 7.51.